The summed E-state index contributed by atoms with van der Waals surface area (Å²) >= 11 is 0. The molecule has 174 valence electrons. The Kier molecular flexibility index (Phi) is 5.75. The van der Waals surface area contributed by atoms with Gasteiger partial charge in [-0.25, -0.2) is 8.42 Å². The number of ether oxygens (including phenoxy) is 1. The van der Waals surface area contributed by atoms with Crippen molar-refractivity contribution in [1.82, 2.24) is 8.87 Å². The van der Waals surface area contributed by atoms with Gasteiger partial charge in [0.2, 0.25) is 15.9 Å². The molecular formula is C27H26N2O4S. The van der Waals surface area contributed by atoms with Crippen LogP contribution in [0.1, 0.15) is 23.2 Å². The van der Waals surface area contributed by atoms with E-state index in [1.54, 1.807) is 35.9 Å². The van der Waals surface area contributed by atoms with Crippen LogP contribution in [0, 0.1) is 6.92 Å². The number of aromatic nitrogens is 1. The SMILES string of the molecule is COc1cccc(-c2cn(C(=O)[C@@H]3CCCN3S(=O)(=O)c3ccc(C)cc3)c3ccccc23)c1. The topological polar surface area (TPSA) is 68.6 Å². The van der Waals surface area contributed by atoms with E-state index in [2.05, 4.69) is 0 Å². The van der Waals surface area contributed by atoms with E-state index in [0.717, 1.165) is 33.3 Å². The summed E-state index contributed by atoms with van der Waals surface area (Å²) < 4.78 is 35.2. The van der Waals surface area contributed by atoms with Crippen LogP contribution in [0.4, 0.5) is 0 Å². The molecule has 1 aliphatic rings. The first-order chi connectivity index (χ1) is 16.4. The van der Waals surface area contributed by atoms with E-state index in [1.807, 2.05) is 61.7 Å². The number of benzene rings is 3. The predicted octanol–water partition coefficient (Wildman–Crippen LogP) is 5.12. The lowest BCUT2D eigenvalue weighted by Crippen LogP contribution is -2.42. The maximum atomic E-state index is 13.8. The number of hydrogen-bond acceptors (Lipinski definition) is 4. The van der Waals surface area contributed by atoms with E-state index in [0.29, 0.717) is 19.4 Å². The standard InChI is InChI=1S/C27H26N2O4S/c1-19-12-14-22(15-13-19)34(31,32)29-16-6-11-26(29)27(30)28-18-24(23-9-3-4-10-25(23)28)20-7-5-8-21(17-20)33-2/h3-5,7-10,12-15,17-18,26H,6,11,16H2,1-2H3/t26-/m0/s1. The van der Waals surface area contributed by atoms with Gasteiger partial charge in [-0.3, -0.25) is 9.36 Å². The highest BCUT2D eigenvalue weighted by Crippen LogP contribution is 2.34. The Morgan fingerprint density at radius 3 is 2.53 bits per heavy atom. The largest absolute Gasteiger partial charge is 0.497 e. The molecule has 0 amide bonds. The van der Waals surface area contributed by atoms with Crippen LogP contribution in [0.15, 0.2) is 83.9 Å². The van der Waals surface area contributed by atoms with Gasteiger partial charge in [0.15, 0.2) is 0 Å². The van der Waals surface area contributed by atoms with Crippen LogP contribution in [-0.4, -0.2) is 42.9 Å². The first-order valence-corrected chi connectivity index (χ1v) is 12.7. The average molecular weight is 475 g/mol. The number of sulfonamides is 1. The molecule has 1 atom stereocenters. The van der Waals surface area contributed by atoms with Crippen molar-refractivity contribution in [3.63, 3.8) is 0 Å². The van der Waals surface area contributed by atoms with Crippen LogP contribution in [0.2, 0.25) is 0 Å². The highest BCUT2D eigenvalue weighted by Gasteiger charge is 2.40. The van der Waals surface area contributed by atoms with Gasteiger partial charge in [0.1, 0.15) is 11.8 Å². The van der Waals surface area contributed by atoms with Crippen molar-refractivity contribution in [2.24, 2.45) is 0 Å². The summed E-state index contributed by atoms with van der Waals surface area (Å²) in [6, 6.07) is 21.4. The van der Waals surface area contributed by atoms with Crippen molar-refractivity contribution in [1.29, 1.82) is 0 Å². The number of carbonyl (C=O) groups is 1. The predicted molar refractivity (Wildman–Crippen MR) is 133 cm³/mol. The fourth-order valence-corrected chi connectivity index (χ4v) is 6.31. The molecule has 0 bridgehead atoms. The number of rotatable bonds is 5. The third kappa shape index (κ3) is 3.81. The molecular weight excluding hydrogens is 448 g/mol. The molecule has 34 heavy (non-hydrogen) atoms. The number of fused-ring (bicyclic) bond motifs is 1. The molecule has 1 aliphatic heterocycles. The second-order valence-corrected chi connectivity index (χ2v) is 10.5. The van der Waals surface area contributed by atoms with E-state index in [1.165, 1.54) is 4.31 Å². The molecule has 1 fully saturated rings. The number of aryl methyl sites for hydroxylation is 1. The normalized spacial score (nSPS) is 16.7. The van der Waals surface area contributed by atoms with Crippen LogP contribution in [-0.2, 0) is 10.0 Å². The summed E-state index contributed by atoms with van der Waals surface area (Å²) in [6.07, 6.45) is 2.95. The number of carbonyl (C=O) groups excluding carboxylic acids is 1. The van der Waals surface area contributed by atoms with Crippen molar-refractivity contribution in [3.05, 3.63) is 84.6 Å². The van der Waals surface area contributed by atoms with Crippen molar-refractivity contribution in [3.8, 4) is 16.9 Å². The number of para-hydroxylation sites is 1. The molecule has 1 aromatic heterocycles. The fourth-order valence-electron chi connectivity index (χ4n) is 4.66. The highest BCUT2D eigenvalue weighted by molar-refractivity contribution is 7.89. The van der Waals surface area contributed by atoms with Crippen molar-refractivity contribution >= 4 is 26.8 Å². The van der Waals surface area contributed by atoms with E-state index in [9.17, 15) is 13.2 Å². The van der Waals surface area contributed by atoms with Gasteiger partial charge in [-0.05, 0) is 55.7 Å². The summed E-state index contributed by atoms with van der Waals surface area (Å²) in [6.45, 7) is 2.24. The van der Waals surface area contributed by atoms with Crippen LogP contribution in [0.5, 0.6) is 5.75 Å². The number of hydrogen-bond donors (Lipinski definition) is 0. The summed E-state index contributed by atoms with van der Waals surface area (Å²) in [5.74, 6) is 0.491. The summed E-state index contributed by atoms with van der Waals surface area (Å²) in [7, 11) is -2.16. The van der Waals surface area contributed by atoms with Crippen LogP contribution in [0.25, 0.3) is 22.0 Å². The van der Waals surface area contributed by atoms with E-state index < -0.39 is 16.1 Å². The molecule has 0 radical (unpaired) electrons. The Morgan fingerprint density at radius 1 is 1.00 bits per heavy atom. The lowest BCUT2D eigenvalue weighted by atomic mass is 10.0. The molecule has 0 aliphatic carbocycles. The van der Waals surface area contributed by atoms with Gasteiger partial charge in [0.05, 0.1) is 17.5 Å². The lowest BCUT2D eigenvalue weighted by Gasteiger charge is -2.23. The Morgan fingerprint density at radius 2 is 1.76 bits per heavy atom. The molecule has 0 saturated carbocycles. The van der Waals surface area contributed by atoms with Crippen molar-refractivity contribution in [2.45, 2.75) is 30.7 Å². The molecule has 1 saturated heterocycles. The van der Waals surface area contributed by atoms with E-state index in [-0.39, 0.29) is 10.8 Å². The zero-order valence-corrected chi connectivity index (χ0v) is 20.0. The molecule has 2 heterocycles. The summed E-state index contributed by atoms with van der Waals surface area (Å²) in [5, 5.41) is 0.926. The first kappa shape index (κ1) is 22.4. The van der Waals surface area contributed by atoms with Gasteiger partial charge in [-0.15, -0.1) is 0 Å². The molecule has 5 rings (SSSR count). The number of nitrogens with zero attached hydrogens (tertiary/aromatic N) is 2. The Hall–Kier alpha value is -3.42. The minimum Gasteiger partial charge on any atom is -0.497 e. The first-order valence-electron chi connectivity index (χ1n) is 11.3. The van der Waals surface area contributed by atoms with E-state index >= 15 is 0 Å². The Labute approximate surface area is 199 Å². The second kappa shape index (κ2) is 8.74. The minimum absolute atomic E-state index is 0.215. The third-order valence-corrected chi connectivity index (χ3v) is 8.37. The van der Waals surface area contributed by atoms with E-state index in [4.69, 9.17) is 4.74 Å². The molecule has 0 spiro atoms. The maximum absolute atomic E-state index is 13.8. The molecule has 0 N–H and O–H groups in total. The molecule has 6 nitrogen and oxygen atoms in total. The Balaban J connectivity index is 1.56. The van der Waals surface area contributed by atoms with Gasteiger partial charge in [-0.2, -0.15) is 4.31 Å². The second-order valence-electron chi connectivity index (χ2n) is 8.59. The average Bonchev–Trinajstić information content (AvgIpc) is 3.50. The molecule has 4 aromatic rings. The molecule has 7 heteroatoms. The van der Waals surface area contributed by atoms with Gasteiger partial charge in [-0.1, -0.05) is 48.0 Å². The monoisotopic (exact) mass is 474 g/mol. The van der Waals surface area contributed by atoms with Crippen LogP contribution >= 0.6 is 0 Å². The summed E-state index contributed by atoms with van der Waals surface area (Å²) in [5.41, 5.74) is 3.56. The molecule has 3 aromatic carbocycles. The highest BCUT2D eigenvalue weighted by atomic mass is 32.2. The van der Waals surface area contributed by atoms with Gasteiger partial charge in [0.25, 0.3) is 0 Å². The fraction of sp³-hybridized carbons (Fsp3) is 0.222. The van der Waals surface area contributed by atoms with Crippen molar-refractivity contribution in [2.75, 3.05) is 13.7 Å². The van der Waals surface area contributed by atoms with Gasteiger partial charge >= 0.3 is 0 Å². The zero-order chi connectivity index (χ0) is 23.9. The lowest BCUT2D eigenvalue weighted by molar-refractivity contribution is 0.0838. The minimum atomic E-state index is -3.78. The van der Waals surface area contributed by atoms with Gasteiger partial charge < -0.3 is 4.74 Å². The third-order valence-electron chi connectivity index (χ3n) is 6.45. The van der Waals surface area contributed by atoms with Crippen LogP contribution < -0.4 is 4.74 Å². The summed E-state index contributed by atoms with van der Waals surface area (Å²) in [4.78, 5) is 14.0. The Bertz CT molecular complexity index is 1470. The maximum Gasteiger partial charge on any atom is 0.249 e. The quantitative estimate of drug-likeness (QED) is 0.403. The molecule has 0 unspecified atom stereocenters. The van der Waals surface area contributed by atoms with Crippen molar-refractivity contribution < 1.29 is 17.9 Å². The van der Waals surface area contributed by atoms with Gasteiger partial charge in [0, 0.05) is 23.7 Å². The van der Waals surface area contributed by atoms with Crippen LogP contribution in [0.3, 0.4) is 0 Å². The smallest absolute Gasteiger partial charge is 0.249 e. The number of methoxy groups -OCH3 is 1. The zero-order valence-electron chi connectivity index (χ0n) is 19.1.